The van der Waals surface area contributed by atoms with E-state index < -0.39 is 18.4 Å². The van der Waals surface area contributed by atoms with E-state index in [0.29, 0.717) is 5.52 Å². The van der Waals surface area contributed by atoms with Crippen LogP contribution in [0.4, 0.5) is 17.6 Å². The SMILES string of the molecule is Fc1cccc2[nH]c(=S)n(CCCC(F)(F)F)c12. The van der Waals surface area contributed by atoms with E-state index in [1.807, 2.05) is 0 Å². The zero-order chi connectivity index (χ0) is 13.3. The maximum absolute atomic E-state index is 13.6. The molecule has 18 heavy (non-hydrogen) atoms. The van der Waals surface area contributed by atoms with Crippen LogP contribution in [0.1, 0.15) is 12.8 Å². The summed E-state index contributed by atoms with van der Waals surface area (Å²) < 4.78 is 51.4. The van der Waals surface area contributed by atoms with E-state index in [4.69, 9.17) is 12.2 Å². The normalized spacial score (nSPS) is 12.2. The van der Waals surface area contributed by atoms with Gasteiger partial charge in [0.05, 0.1) is 5.52 Å². The van der Waals surface area contributed by atoms with Crippen LogP contribution in [-0.4, -0.2) is 15.7 Å². The maximum atomic E-state index is 13.6. The Morgan fingerprint density at radius 3 is 2.67 bits per heavy atom. The zero-order valence-corrected chi connectivity index (χ0v) is 10.0. The van der Waals surface area contributed by atoms with E-state index in [-0.39, 0.29) is 23.3 Å². The van der Waals surface area contributed by atoms with Gasteiger partial charge in [-0.2, -0.15) is 13.2 Å². The number of H-pyrrole nitrogens is 1. The predicted molar refractivity (Wildman–Crippen MR) is 62.4 cm³/mol. The van der Waals surface area contributed by atoms with Crippen LogP contribution in [0.3, 0.4) is 0 Å². The first-order chi connectivity index (χ1) is 8.38. The largest absolute Gasteiger partial charge is 0.389 e. The number of alkyl halides is 3. The molecule has 0 aliphatic carbocycles. The van der Waals surface area contributed by atoms with Gasteiger partial charge in [-0.15, -0.1) is 0 Å². The number of aryl methyl sites for hydroxylation is 1. The van der Waals surface area contributed by atoms with Crippen molar-refractivity contribution >= 4 is 23.3 Å². The van der Waals surface area contributed by atoms with Crippen LogP contribution in [0, 0.1) is 10.6 Å². The number of aromatic amines is 1. The number of hydrogen-bond donors (Lipinski definition) is 1. The molecule has 0 fully saturated rings. The lowest BCUT2D eigenvalue weighted by atomic mass is 10.2. The monoisotopic (exact) mass is 278 g/mol. The molecule has 0 bridgehead atoms. The predicted octanol–water partition coefficient (Wildman–Crippen LogP) is 4.18. The first kappa shape index (κ1) is 13.1. The van der Waals surface area contributed by atoms with Crippen molar-refractivity contribution in [3.8, 4) is 0 Å². The Labute approximate surface area is 105 Å². The van der Waals surface area contributed by atoms with Crippen LogP contribution in [0.25, 0.3) is 11.0 Å². The molecule has 1 aromatic carbocycles. The van der Waals surface area contributed by atoms with Crippen molar-refractivity contribution in [3.63, 3.8) is 0 Å². The van der Waals surface area contributed by atoms with Gasteiger partial charge in [0.2, 0.25) is 0 Å². The lowest BCUT2D eigenvalue weighted by Gasteiger charge is -2.07. The molecule has 0 spiro atoms. The minimum Gasteiger partial charge on any atom is -0.330 e. The van der Waals surface area contributed by atoms with E-state index in [1.54, 1.807) is 6.07 Å². The summed E-state index contributed by atoms with van der Waals surface area (Å²) in [5.41, 5.74) is 0.719. The van der Waals surface area contributed by atoms with Gasteiger partial charge in [-0.25, -0.2) is 4.39 Å². The highest BCUT2D eigenvalue weighted by Gasteiger charge is 2.26. The third-order valence-electron chi connectivity index (χ3n) is 2.59. The molecular weight excluding hydrogens is 268 g/mol. The number of imidazole rings is 1. The molecule has 1 N–H and O–H groups in total. The quantitative estimate of drug-likeness (QED) is 0.659. The smallest absolute Gasteiger partial charge is 0.330 e. The standard InChI is InChI=1S/C11H10F4N2S/c12-7-3-1-4-8-9(7)17(10(18)16-8)6-2-5-11(13,14)15/h1,3-4H,2,5-6H2,(H,16,18). The highest BCUT2D eigenvalue weighted by atomic mass is 32.1. The van der Waals surface area contributed by atoms with Crippen LogP contribution < -0.4 is 0 Å². The summed E-state index contributed by atoms with van der Waals surface area (Å²) in [6.45, 7) is 0.0409. The average molecular weight is 278 g/mol. The highest BCUT2D eigenvalue weighted by molar-refractivity contribution is 7.71. The Morgan fingerprint density at radius 1 is 1.28 bits per heavy atom. The van der Waals surface area contributed by atoms with Gasteiger partial charge < -0.3 is 9.55 Å². The number of rotatable bonds is 3. The molecule has 0 aliphatic heterocycles. The molecule has 2 rings (SSSR count). The molecule has 0 aliphatic rings. The third-order valence-corrected chi connectivity index (χ3v) is 2.91. The number of benzene rings is 1. The third kappa shape index (κ3) is 2.72. The molecule has 0 saturated heterocycles. The Bertz CT molecular complexity index is 612. The molecule has 0 amide bonds. The first-order valence-corrected chi connectivity index (χ1v) is 5.73. The van der Waals surface area contributed by atoms with Gasteiger partial charge in [-0.05, 0) is 30.8 Å². The van der Waals surface area contributed by atoms with Crippen molar-refractivity contribution < 1.29 is 17.6 Å². The van der Waals surface area contributed by atoms with E-state index >= 15 is 0 Å². The van der Waals surface area contributed by atoms with Gasteiger partial charge in [-0.1, -0.05) is 6.07 Å². The summed E-state index contributed by atoms with van der Waals surface area (Å²) in [7, 11) is 0. The van der Waals surface area contributed by atoms with Gasteiger partial charge in [0.15, 0.2) is 4.77 Å². The second-order valence-electron chi connectivity index (χ2n) is 3.94. The Hall–Kier alpha value is -1.37. The lowest BCUT2D eigenvalue weighted by molar-refractivity contribution is -0.135. The first-order valence-electron chi connectivity index (χ1n) is 5.32. The van der Waals surface area contributed by atoms with Crippen LogP contribution in [-0.2, 0) is 6.54 Å². The number of aromatic nitrogens is 2. The number of nitrogens with one attached hydrogen (secondary N) is 1. The molecule has 7 heteroatoms. The molecule has 1 heterocycles. The van der Waals surface area contributed by atoms with E-state index in [9.17, 15) is 17.6 Å². The maximum Gasteiger partial charge on any atom is 0.389 e. The lowest BCUT2D eigenvalue weighted by Crippen LogP contribution is -2.09. The molecule has 2 aromatic rings. The number of hydrogen-bond acceptors (Lipinski definition) is 1. The average Bonchev–Trinajstić information content (AvgIpc) is 2.55. The molecular formula is C11H10F4N2S. The Kier molecular flexibility index (Phi) is 3.43. The van der Waals surface area contributed by atoms with Gasteiger partial charge in [-0.3, -0.25) is 0 Å². The Morgan fingerprint density at radius 2 is 2.00 bits per heavy atom. The molecule has 0 radical (unpaired) electrons. The topological polar surface area (TPSA) is 20.7 Å². The fourth-order valence-electron chi connectivity index (χ4n) is 1.83. The van der Waals surface area contributed by atoms with Crippen LogP contribution in [0.15, 0.2) is 18.2 Å². The molecule has 0 saturated carbocycles. The van der Waals surface area contributed by atoms with E-state index in [2.05, 4.69) is 4.98 Å². The minimum atomic E-state index is -4.20. The van der Waals surface area contributed by atoms with Crippen molar-refractivity contribution in [3.05, 3.63) is 28.8 Å². The second kappa shape index (κ2) is 4.72. The second-order valence-corrected chi connectivity index (χ2v) is 4.32. The Balaban J connectivity index is 2.28. The number of nitrogens with zero attached hydrogens (tertiary/aromatic N) is 1. The fraction of sp³-hybridized carbons (Fsp3) is 0.364. The van der Waals surface area contributed by atoms with Crippen LogP contribution in [0.5, 0.6) is 0 Å². The number of halogens is 4. The summed E-state index contributed by atoms with van der Waals surface area (Å²) in [6, 6.07) is 4.41. The van der Waals surface area contributed by atoms with Crippen molar-refractivity contribution in [1.82, 2.24) is 9.55 Å². The number of para-hydroxylation sites is 1. The summed E-state index contributed by atoms with van der Waals surface area (Å²) in [4.78, 5) is 2.77. The van der Waals surface area contributed by atoms with Crippen LogP contribution >= 0.6 is 12.2 Å². The van der Waals surface area contributed by atoms with E-state index in [1.165, 1.54) is 16.7 Å². The van der Waals surface area contributed by atoms with Gasteiger partial charge >= 0.3 is 6.18 Å². The summed E-state index contributed by atoms with van der Waals surface area (Å²) >= 11 is 4.98. The van der Waals surface area contributed by atoms with E-state index in [0.717, 1.165) is 0 Å². The molecule has 1 aromatic heterocycles. The van der Waals surface area contributed by atoms with Crippen molar-refractivity contribution in [2.75, 3.05) is 0 Å². The van der Waals surface area contributed by atoms with Crippen molar-refractivity contribution in [1.29, 1.82) is 0 Å². The van der Waals surface area contributed by atoms with Crippen molar-refractivity contribution in [2.45, 2.75) is 25.6 Å². The van der Waals surface area contributed by atoms with Crippen molar-refractivity contribution in [2.24, 2.45) is 0 Å². The van der Waals surface area contributed by atoms with Gasteiger partial charge in [0.25, 0.3) is 0 Å². The fourth-order valence-corrected chi connectivity index (χ4v) is 2.12. The van der Waals surface area contributed by atoms with Gasteiger partial charge in [0.1, 0.15) is 11.3 Å². The van der Waals surface area contributed by atoms with Crippen LogP contribution in [0.2, 0.25) is 0 Å². The summed E-state index contributed by atoms with van der Waals surface area (Å²) in [6.07, 6.45) is -5.23. The molecule has 0 unspecified atom stereocenters. The molecule has 2 nitrogen and oxygen atoms in total. The summed E-state index contributed by atoms with van der Waals surface area (Å²) in [5, 5.41) is 0. The summed E-state index contributed by atoms with van der Waals surface area (Å²) in [5.74, 6) is -0.494. The van der Waals surface area contributed by atoms with Gasteiger partial charge in [0, 0.05) is 13.0 Å². The molecule has 0 atom stereocenters. The number of fused-ring (bicyclic) bond motifs is 1. The molecule has 98 valence electrons. The zero-order valence-electron chi connectivity index (χ0n) is 9.22. The minimum absolute atomic E-state index is 0.0409. The highest BCUT2D eigenvalue weighted by Crippen LogP contribution is 2.23.